The Hall–Kier alpha value is -3.05. The van der Waals surface area contributed by atoms with E-state index < -0.39 is 6.04 Å². The van der Waals surface area contributed by atoms with Crippen molar-refractivity contribution in [2.45, 2.75) is 12.5 Å². The maximum Gasteiger partial charge on any atom is 0.247 e. The molecule has 0 radical (unpaired) electrons. The molecule has 0 aliphatic carbocycles. The van der Waals surface area contributed by atoms with E-state index in [1.54, 1.807) is 24.3 Å². The van der Waals surface area contributed by atoms with Gasteiger partial charge in [0.05, 0.1) is 12.1 Å². The lowest BCUT2D eigenvalue weighted by Gasteiger charge is -2.16. The zero-order valence-electron chi connectivity index (χ0n) is 13.8. The van der Waals surface area contributed by atoms with Crippen molar-refractivity contribution in [3.05, 3.63) is 65.7 Å². The highest BCUT2D eigenvalue weighted by molar-refractivity contribution is 6.30. The van der Waals surface area contributed by atoms with Crippen LogP contribution in [0.25, 0.3) is 10.8 Å². The number of amides is 2. The van der Waals surface area contributed by atoms with Crippen molar-refractivity contribution in [1.82, 2.24) is 0 Å². The highest BCUT2D eigenvalue weighted by Gasteiger charge is 2.26. The van der Waals surface area contributed by atoms with Crippen molar-refractivity contribution in [3.8, 4) is 0 Å². The van der Waals surface area contributed by atoms with E-state index in [1.165, 1.54) is 0 Å². The summed E-state index contributed by atoms with van der Waals surface area (Å²) < 4.78 is 0. The molecule has 0 bridgehead atoms. The standard InChI is InChI=1S/C20H16ClN3O2/c21-13-7-9-14(10-8-13)22-18(25)11-17-20(26)24-16-6-2-4-12-3-1-5-15(23-17)19(12)16/h1-10,17,23H,11H2,(H,22,25)(H,24,26)/t17-/m1/s1. The van der Waals surface area contributed by atoms with Crippen LogP contribution in [-0.2, 0) is 9.59 Å². The molecular formula is C20H16ClN3O2. The molecule has 3 N–H and O–H groups in total. The van der Waals surface area contributed by atoms with Crippen molar-refractivity contribution >= 4 is 51.2 Å². The molecule has 0 saturated heterocycles. The van der Waals surface area contributed by atoms with Gasteiger partial charge in [0.1, 0.15) is 6.04 Å². The first-order valence-electron chi connectivity index (χ1n) is 8.25. The summed E-state index contributed by atoms with van der Waals surface area (Å²) in [5, 5.41) is 11.5. The zero-order chi connectivity index (χ0) is 18.1. The number of hydrogen-bond donors (Lipinski definition) is 3. The SMILES string of the molecule is O=C(C[C@H]1Nc2cccc3cccc(c23)NC1=O)Nc1ccc(Cl)cc1. The van der Waals surface area contributed by atoms with Crippen LogP contribution in [-0.4, -0.2) is 17.9 Å². The highest BCUT2D eigenvalue weighted by Crippen LogP contribution is 2.33. The summed E-state index contributed by atoms with van der Waals surface area (Å²) in [5.74, 6) is -0.488. The third-order valence-electron chi connectivity index (χ3n) is 4.33. The number of carbonyl (C=O) groups excluding carboxylic acids is 2. The minimum atomic E-state index is -0.666. The summed E-state index contributed by atoms with van der Waals surface area (Å²) in [7, 11) is 0. The van der Waals surface area contributed by atoms with E-state index in [0.29, 0.717) is 10.7 Å². The Morgan fingerprint density at radius 2 is 1.69 bits per heavy atom. The summed E-state index contributed by atoms with van der Waals surface area (Å²) in [6, 6.07) is 17.8. The van der Waals surface area contributed by atoms with Crippen molar-refractivity contribution in [2.75, 3.05) is 16.0 Å². The summed E-state index contributed by atoms with van der Waals surface area (Å²) in [4.78, 5) is 25.0. The van der Waals surface area contributed by atoms with Crippen LogP contribution in [0.1, 0.15) is 6.42 Å². The molecule has 3 aromatic rings. The van der Waals surface area contributed by atoms with Gasteiger partial charge < -0.3 is 16.0 Å². The van der Waals surface area contributed by atoms with Crippen molar-refractivity contribution < 1.29 is 9.59 Å². The third kappa shape index (κ3) is 3.21. The largest absolute Gasteiger partial charge is 0.373 e. The minimum Gasteiger partial charge on any atom is -0.373 e. The van der Waals surface area contributed by atoms with E-state index in [-0.39, 0.29) is 18.2 Å². The van der Waals surface area contributed by atoms with Gasteiger partial charge in [0, 0.05) is 21.8 Å². The topological polar surface area (TPSA) is 70.2 Å². The van der Waals surface area contributed by atoms with Crippen LogP contribution in [0, 0.1) is 0 Å². The first-order chi connectivity index (χ1) is 12.6. The monoisotopic (exact) mass is 365 g/mol. The van der Waals surface area contributed by atoms with E-state index in [9.17, 15) is 9.59 Å². The summed E-state index contributed by atoms with van der Waals surface area (Å²) in [6.07, 6.45) is 0.0127. The van der Waals surface area contributed by atoms with Gasteiger partial charge >= 0.3 is 0 Å². The van der Waals surface area contributed by atoms with Gasteiger partial charge in [-0.3, -0.25) is 9.59 Å². The van der Waals surface area contributed by atoms with Gasteiger partial charge in [0.15, 0.2) is 0 Å². The normalized spacial score (nSPS) is 15.7. The lowest BCUT2D eigenvalue weighted by Crippen LogP contribution is -2.36. The van der Waals surface area contributed by atoms with Crippen LogP contribution >= 0.6 is 11.6 Å². The Morgan fingerprint density at radius 1 is 1.00 bits per heavy atom. The maximum absolute atomic E-state index is 12.6. The molecule has 0 fully saturated rings. The van der Waals surface area contributed by atoms with E-state index in [0.717, 1.165) is 22.1 Å². The lowest BCUT2D eigenvalue weighted by molar-refractivity contribution is -0.121. The van der Waals surface area contributed by atoms with Crippen LogP contribution in [0.5, 0.6) is 0 Å². The molecular weight excluding hydrogens is 350 g/mol. The number of carbonyl (C=O) groups is 2. The molecule has 0 unspecified atom stereocenters. The van der Waals surface area contributed by atoms with Crippen LogP contribution < -0.4 is 16.0 Å². The predicted octanol–water partition coefficient (Wildman–Crippen LogP) is 4.25. The Bertz CT molecular complexity index is 996. The summed E-state index contributed by atoms with van der Waals surface area (Å²) in [6.45, 7) is 0. The summed E-state index contributed by atoms with van der Waals surface area (Å²) in [5.41, 5.74) is 2.22. The average molecular weight is 366 g/mol. The molecule has 4 rings (SSSR count). The number of anilines is 3. The first-order valence-corrected chi connectivity index (χ1v) is 8.62. The van der Waals surface area contributed by atoms with Gasteiger partial charge in [-0.1, -0.05) is 35.9 Å². The molecule has 130 valence electrons. The third-order valence-corrected chi connectivity index (χ3v) is 4.58. The summed E-state index contributed by atoms with van der Waals surface area (Å²) >= 11 is 5.85. The molecule has 1 heterocycles. The fourth-order valence-electron chi connectivity index (χ4n) is 3.11. The molecule has 0 aromatic heterocycles. The van der Waals surface area contributed by atoms with Gasteiger partial charge in [-0.25, -0.2) is 0 Å². The fourth-order valence-corrected chi connectivity index (χ4v) is 3.24. The van der Waals surface area contributed by atoms with E-state index in [1.807, 2.05) is 36.4 Å². The molecule has 1 aliphatic heterocycles. The van der Waals surface area contributed by atoms with Crippen LogP contribution in [0.4, 0.5) is 17.1 Å². The van der Waals surface area contributed by atoms with E-state index in [4.69, 9.17) is 11.6 Å². The van der Waals surface area contributed by atoms with E-state index >= 15 is 0 Å². The van der Waals surface area contributed by atoms with Gasteiger partial charge in [-0.2, -0.15) is 0 Å². The molecule has 0 saturated carbocycles. The number of rotatable bonds is 3. The average Bonchev–Trinajstić information content (AvgIpc) is 2.76. The van der Waals surface area contributed by atoms with Crippen molar-refractivity contribution in [2.24, 2.45) is 0 Å². The molecule has 6 heteroatoms. The quantitative estimate of drug-likeness (QED) is 0.649. The molecule has 2 amide bonds. The van der Waals surface area contributed by atoms with Gasteiger partial charge in [0.25, 0.3) is 0 Å². The molecule has 1 aliphatic rings. The molecule has 26 heavy (non-hydrogen) atoms. The molecule has 5 nitrogen and oxygen atoms in total. The van der Waals surface area contributed by atoms with E-state index in [2.05, 4.69) is 16.0 Å². The predicted molar refractivity (Wildman–Crippen MR) is 105 cm³/mol. The van der Waals surface area contributed by atoms with Gasteiger partial charge in [-0.15, -0.1) is 0 Å². The number of benzene rings is 3. The number of hydrogen-bond acceptors (Lipinski definition) is 3. The van der Waals surface area contributed by atoms with Crippen LogP contribution in [0.2, 0.25) is 5.02 Å². The second-order valence-corrected chi connectivity index (χ2v) is 6.59. The number of halogens is 1. The maximum atomic E-state index is 12.6. The van der Waals surface area contributed by atoms with Crippen LogP contribution in [0.3, 0.4) is 0 Å². The zero-order valence-corrected chi connectivity index (χ0v) is 14.5. The first kappa shape index (κ1) is 16.4. The molecule has 1 atom stereocenters. The van der Waals surface area contributed by atoms with Gasteiger partial charge in [0.2, 0.25) is 11.8 Å². The molecule has 3 aromatic carbocycles. The smallest absolute Gasteiger partial charge is 0.247 e. The Kier molecular flexibility index (Phi) is 4.22. The van der Waals surface area contributed by atoms with Crippen molar-refractivity contribution in [1.29, 1.82) is 0 Å². The fraction of sp³-hybridized carbons (Fsp3) is 0.100. The molecule has 0 spiro atoms. The second-order valence-electron chi connectivity index (χ2n) is 6.15. The lowest BCUT2D eigenvalue weighted by atomic mass is 10.1. The van der Waals surface area contributed by atoms with Crippen molar-refractivity contribution in [3.63, 3.8) is 0 Å². The highest BCUT2D eigenvalue weighted by atomic mass is 35.5. The van der Waals surface area contributed by atoms with Gasteiger partial charge in [-0.05, 0) is 41.8 Å². The Morgan fingerprint density at radius 3 is 2.42 bits per heavy atom. The Balaban J connectivity index is 1.55. The number of nitrogens with one attached hydrogen (secondary N) is 3. The minimum absolute atomic E-state index is 0.0127. The Labute approximate surface area is 155 Å². The second kappa shape index (κ2) is 6.69. The van der Waals surface area contributed by atoms with Crippen LogP contribution in [0.15, 0.2) is 60.7 Å².